The van der Waals surface area contributed by atoms with E-state index in [1.165, 1.54) is 18.2 Å². The highest BCUT2D eigenvalue weighted by molar-refractivity contribution is 6.32. The van der Waals surface area contributed by atoms with Crippen LogP contribution in [0.1, 0.15) is 22.8 Å². The molecule has 0 bridgehead atoms. The molecule has 0 unspecified atom stereocenters. The third-order valence-corrected chi connectivity index (χ3v) is 3.20. The van der Waals surface area contributed by atoms with Gasteiger partial charge in [0, 0.05) is 16.8 Å². The lowest BCUT2D eigenvalue weighted by molar-refractivity contribution is 0.102. The number of hydrogen-bond donors (Lipinski definition) is 3. The third-order valence-electron chi connectivity index (χ3n) is 2.90. The summed E-state index contributed by atoms with van der Waals surface area (Å²) in [6.07, 6.45) is 0. The van der Waals surface area contributed by atoms with Gasteiger partial charge < -0.3 is 15.6 Å². The molecule has 5 nitrogen and oxygen atoms in total. The van der Waals surface area contributed by atoms with Crippen molar-refractivity contribution in [1.82, 2.24) is 0 Å². The number of benzene rings is 2. The first kappa shape index (κ1) is 14.9. The smallest absolute Gasteiger partial charge is 0.255 e. The fraction of sp³-hybridized carbons (Fsp3) is 0.0667. The average molecular weight is 305 g/mol. The van der Waals surface area contributed by atoms with Crippen LogP contribution in [0.3, 0.4) is 0 Å². The Morgan fingerprint density at radius 2 is 1.95 bits per heavy atom. The molecule has 6 heteroatoms. The molecule has 1 amide bonds. The maximum atomic E-state index is 12.1. The van der Waals surface area contributed by atoms with Crippen LogP contribution in [0.2, 0.25) is 5.02 Å². The van der Waals surface area contributed by atoms with Crippen LogP contribution in [-0.4, -0.2) is 21.9 Å². The fourth-order valence-corrected chi connectivity index (χ4v) is 1.91. The van der Waals surface area contributed by atoms with E-state index in [1.54, 1.807) is 31.2 Å². The molecule has 21 heavy (non-hydrogen) atoms. The van der Waals surface area contributed by atoms with E-state index < -0.39 is 0 Å². The Bertz CT molecular complexity index is 714. The molecule has 0 atom stereocenters. The second-order valence-corrected chi connectivity index (χ2v) is 4.79. The second kappa shape index (κ2) is 6.28. The Hall–Kier alpha value is -2.53. The van der Waals surface area contributed by atoms with Gasteiger partial charge in [-0.05, 0) is 37.3 Å². The van der Waals surface area contributed by atoms with E-state index in [0.717, 1.165) is 0 Å². The van der Waals surface area contributed by atoms with Crippen LogP contribution in [0.25, 0.3) is 0 Å². The number of aromatic hydroxyl groups is 1. The van der Waals surface area contributed by atoms with Crippen LogP contribution < -0.4 is 5.32 Å². The van der Waals surface area contributed by atoms with Crippen LogP contribution in [0.5, 0.6) is 5.75 Å². The SMILES string of the molecule is C/C(=N\O)c1cccc(NC(=O)c2ccc(O)c(Cl)c2)c1. The molecule has 0 heterocycles. The van der Waals surface area contributed by atoms with E-state index in [-0.39, 0.29) is 16.7 Å². The summed E-state index contributed by atoms with van der Waals surface area (Å²) >= 11 is 5.77. The van der Waals surface area contributed by atoms with Gasteiger partial charge in [0.15, 0.2) is 0 Å². The van der Waals surface area contributed by atoms with Crippen molar-refractivity contribution in [2.75, 3.05) is 5.32 Å². The first-order chi connectivity index (χ1) is 10.0. The number of nitrogens with one attached hydrogen (secondary N) is 1. The predicted molar refractivity (Wildman–Crippen MR) is 81.5 cm³/mol. The van der Waals surface area contributed by atoms with Gasteiger partial charge in [-0.1, -0.05) is 28.9 Å². The van der Waals surface area contributed by atoms with Crippen LogP contribution in [-0.2, 0) is 0 Å². The van der Waals surface area contributed by atoms with Crippen molar-refractivity contribution < 1.29 is 15.1 Å². The number of oxime groups is 1. The molecule has 0 radical (unpaired) electrons. The van der Waals surface area contributed by atoms with Crippen LogP contribution in [0, 0.1) is 0 Å². The molecule has 108 valence electrons. The van der Waals surface area contributed by atoms with E-state index >= 15 is 0 Å². The minimum absolute atomic E-state index is 0.0787. The summed E-state index contributed by atoms with van der Waals surface area (Å²) in [5, 5.41) is 24.0. The number of phenolic OH excluding ortho intramolecular Hbond substituents is 1. The highest BCUT2D eigenvalue weighted by Crippen LogP contribution is 2.24. The molecule has 0 saturated carbocycles. The molecule has 2 aromatic rings. The van der Waals surface area contributed by atoms with Crippen LogP contribution >= 0.6 is 11.6 Å². The van der Waals surface area contributed by atoms with Gasteiger partial charge in [-0.3, -0.25) is 4.79 Å². The lowest BCUT2D eigenvalue weighted by atomic mass is 10.1. The van der Waals surface area contributed by atoms with E-state index in [1.807, 2.05) is 0 Å². The Balaban J connectivity index is 2.21. The Morgan fingerprint density at radius 3 is 2.62 bits per heavy atom. The van der Waals surface area contributed by atoms with Gasteiger partial charge in [0.05, 0.1) is 10.7 Å². The molecule has 0 aliphatic rings. The van der Waals surface area contributed by atoms with Crippen LogP contribution in [0.15, 0.2) is 47.6 Å². The molecule has 2 rings (SSSR count). The third kappa shape index (κ3) is 3.52. The van der Waals surface area contributed by atoms with Gasteiger partial charge in [-0.25, -0.2) is 0 Å². The van der Waals surface area contributed by atoms with E-state index in [9.17, 15) is 9.90 Å². The Kier molecular flexibility index (Phi) is 4.45. The summed E-state index contributed by atoms with van der Waals surface area (Å²) in [5.41, 5.74) is 2.03. The zero-order valence-corrected chi connectivity index (χ0v) is 11.9. The number of nitrogens with zero attached hydrogens (tertiary/aromatic N) is 1. The van der Waals surface area contributed by atoms with Crippen molar-refractivity contribution in [3.63, 3.8) is 0 Å². The minimum atomic E-state index is -0.354. The second-order valence-electron chi connectivity index (χ2n) is 4.39. The highest BCUT2D eigenvalue weighted by Gasteiger charge is 2.09. The first-order valence-electron chi connectivity index (χ1n) is 6.10. The van der Waals surface area contributed by atoms with Crippen molar-refractivity contribution in [2.45, 2.75) is 6.92 Å². The van der Waals surface area contributed by atoms with Gasteiger partial charge in [0.2, 0.25) is 0 Å². The van der Waals surface area contributed by atoms with Gasteiger partial charge in [0.1, 0.15) is 5.75 Å². The van der Waals surface area contributed by atoms with Crippen molar-refractivity contribution in [1.29, 1.82) is 0 Å². The summed E-state index contributed by atoms with van der Waals surface area (Å²) < 4.78 is 0. The van der Waals surface area contributed by atoms with Crippen molar-refractivity contribution in [3.05, 3.63) is 58.6 Å². The Labute approximate surface area is 126 Å². The highest BCUT2D eigenvalue weighted by atomic mass is 35.5. The average Bonchev–Trinajstić information content (AvgIpc) is 2.49. The standard InChI is InChI=1S/C15H13ClN2O3/c1-9(18-21)10-3-2-4-12(7-10)17-15(20)11-5-6-14(19)13(16)8-11/h2-8,19,21H,1H3,(H,17,20)/b18-9+. The first-order valence-corrected chi connectivity index (χ1v) is 6.48. The number of amides is 1. The number of carbonyl (C=O) groups is 1. The van der Waals surface area contributed by atoms with Gasteiger partial charge in [-0.2, -0.15) is 0 Å². The molecular weight excluding hydrogens is 292 g/mol. The molecule has 0 aliphatic heterocycles. The number of hydrogen-bond acceptors (Lipinski definition) is 4. The topological polar surface area (TPSA) is 81.9 Å². The van der Waals surface area contributed by atoms with E-state index in [4.69, 9.17) is 16.8 Å². The molecule has 0 spiro atoms. The molecular formula is C15H13ClN2O3. The van der Waals surface area contributed by atoms with Crippen molar-refractivity contribution in [3.8, 4) is 5.75 Å². The lowest BCUT2D eigenvalue weighted by Crippen LogP contribution is -2.12. The molecule has 0 saturated heterocycles. The van der Waals surface area contributed by atoms with E-state index in [2.05, 4.69) is 10.5 Å². The molecule has 0 aromatic heterocycles. The summed E-state index contributed by atoms with van der Waals surface area (Å²) in [5.74, 6) is -0.433. The minimum Gasteiger partial charge on any atom is -0.506 e. The normalized spacial score (nSPS) is 11.2. The number of phenols is 1. The van der Waals surface area contributed by atoms with Gasteiger partial charge >= 0.3 is 0 Å². The predicted octanol–water partition coefficient (Wildman–Crippen LogP) is 3.50. The molecule has 3 N–H and O–H groups in total. The number of anilines is 1. The van der Waals surface area contributed by atoms with Gasteiger partial charge in [0.25, 0.3) is 5.91 Å². The number of carbonyl (C=O) groups excluding carboxylic acids is 1. The zero-order chi connectivity index (χ0) is 15.4. The summed E-state index contributed by atoms with van der Waals surface area (Å²) in [4.78, 5) is 12.1. The van der Waals surface area contributed by atoms with Gasteiger partial charge in [-0.15, -0.1) is 0 Å². The van der Waals surface area contributed by atoms with Crippen LogP contribution in [0.4, 0.5) is 5.69 Å². The number of rotatable bonds is 3. The zero-order valence-electron chi connectivity index (χ0n) is 11.2. The largest absolute Gasteiger partial charge is 0.506 e. The quantitative estimate of drug-likeness (QED) is 0.461. The summed E-state index contributed by atoms with van der Waals surface area (Å²) in [7, 11) is 0. The summed E-state index contributed by atoms with van der Waals surface area (Å²) in [6.45, 7) is 1.65. The maximum absolute atomic E-state index is 12.1. The van der Waals surface area contributed by atoms with Crippen molar-refractivity contribution >= 4 is 28.9 Å². The molecule has 0 fully saturated rings. The molecule has 0 aliphatic carbocycles. The lowest BCUT2D eigenvalue weighted by Gasteiger charge is -2.08. The number of halogens is 1. The Morgan fingerprint density at radius 1 is 1.19 bits per heavy atom. The fourth-order valence-electron chi connectivity index (χ4n) is 1.73. The summed E-state index contributed by atoms with van der Waals surface area (Å²) in [6, 6.07) is 11.1. The molecule has 2 aromatic carbocycles. The monoisotopic (exact) mass is 304 g/mol. The maximum Gasteiger partial charge on any atom is 0.255 e. The van der Waals surface area contributed by atoms with E-state index in [0.29, 0.717) is 22.5 Å². The van der Waals surface area contributed by atoms with Crippen molar-refractivity contribution in [2.24, 2.45) is 5.16 Å².